The predicted molar refractivity (Wildman–Crippen MR) is 71.0 cm³/mol. The predicted octanol–water partition coefficient (Wildman–Crippen LogP) is 0.438. The van der Waals surface area contributed by atoms with Crippen molar-refractivity contribution in [2.75, 3.05) is 38.0 Å². The Morgan fingerprint density at radius 1 is 1.32 bits per heavy atom. The van der Waals surface area contributed by atoms with Crippen molar-refractivity contribution in [2.45, 2.75) is 0 Å². The summed E-state index contributed by atoms with van der Waals surface area (Å²) in [5.41, 5.74) is 0.744. The first kappa shape index (κ1) is 13.3. The van der Waals surface area contributed by atoms with Crippen molar-refractivity contribution in [2.24, 2.45) is 0 Å². The van der Waals surface area contributed by atoms with Crippen LogP contribution in [0.3, 0.4) is 0 Å². The third-order valence-corrected chi connectivity index (χ3v) is 2.99. The van der Waals surface area contributed by atoms with E-state index in [1.54, 1.807) is 17.0 Å². The topological polar surface area (TPSA) is 87.5 Å². The van der Waals surface area contributed by atoms with Crippen LogP contribution < -0.4 is 10.6 Å². The number of hydrogen-bond acceptors (Lipinski definition) is 5. The number of non-ortho nitro benzene ring substituents is 1. The molecule has 0 spiro atoms. The van der Waals surface area contributed by atoms with E-state index >= 15 is 0 Å². The number of carbonyl (C=O) groups is 1. The van der Waals surface area contributed by atoms with Gasteiger partial charge in [-0.3, -0.25) is 14.9 Å². The van der Waals surface area contributed by atoms with Gasteiger partial charge < -0.3 is 15.5 Å². The molecule has 0 saturated carbocycles. The first-order valence-electron chi connectivity index (χ1n) is 6.13. The highest BCUT2D eigenvalue weighted by Crippen LogP contribution is 2.15. The van der Waals surface area contributed by atoms with Gasteiger partial charge in [0.2, 0.25) is 5.91 Å². The van der Waals surface area contributed by atoms with Gasteiger partial charge in [0.1, 0.15) is 0 Å². The number of hydrogen-bond donors (Lipinski definition) is 2. The fourth-order valence-electron chi connectivity index (χ4n) is 1.90. The molecule has 1 fully saturated rings. The standard InChI is InChI=1S/C12H16N4O3/c17-12(15-7-5-13-6-8-15)9-14-10-1-3-11(4-2-10)16(18)19/h1-4,13-14H,5-9H2. The minimum Gasteiger partial charge on any atom is -0.376 e. The zero-order valence-corrected chi connectivity index (χ0v) is 10.5. The van der Waals surface area contributed by atoms with Gasteiger partial charge in [-0.05, 0) is 12.1 Å². The van der Waals surface area contributed by atoms with E-state index in [1.165, 1.54) is 12.1 Å². The molecule has 1 aliphatic heterocycles. The summed E-state index contributed by atoms with van der Waals surface area (Å²) in [7, 11) is 0. The largest absolute Gasteiger partial charge is 0.376 e. The summed E-state index contributed by atoms with van der Waals surface area (Å²) in [4.78, 5) is 23.7. The van der Waals surface area contributed by atoms with E-state index in [-0.39, 0.29) is 18.1 Å². The van der Waals surface area contributed by atoms with Crippen LogP contribution in [-0.4, -0.2) is 48.5 Å². The second-order valence-corrected chi connectivity index (χ2v) is 4.29. The molecule has 0 aromatic heterocycles. The van der Waals surface area contributed by atoms with Gasteiger partial charge in [-0.1, -0.05) is 0 Å². The number of benzene rings is 1. The number of piperazine rings is 1. The van der Waals surface area contributed by atoms with Gasteiger partial charge >= 0.3 is 0 Å². The van der Waals surface area contributed by atoms with Gasteiger partial charge in [0, 0.05) is 44.0 Å². The molecule has 2 N–H and O–H groups in total. The highest BCUT2D eigenvalue weighted by Gasteiger charge is 2.15. The molecule has 0 bridgehead atoms. The molecular weight excluding hydrogens is 248 g/mol. The van der Waals surface area contributed by atoms with Gasteiger partial charge in [0.25, 0.3) is 5.69 Å². The number of nitrogens with zero attached hydrogens (tertiary/aromatic N) is 2. The molecule has 19 heavy (non-hydrogen) atoms. The maximum absolute atomic E-state index is 11.9. The molecule has 1 amide bonds. The average molecular weight is 264 g/mol. The number of carbonyl (C=O) groups excluding carboxylic acids is 1. The van der Waals surface area contributed by atoms with E-state index in [1.807, 2.05) is 0 Å². The van der Waals surface area contributed by atoms with Gasteiger partial charge in [0.15, 0.2) is 0 Å². The van der Waals surface area contributed by atoms with Gasteiger partial charge in [-0.15, -0.1) is 0 Å². The van der Waals surface area contributed by atoms with Crippen molar-refractivity contribution < 1.29 is 9.72 Å². The van der Waals surface area contributed by atoms with E-state index in [0.29, 0.717) is 5.69 Å². The number of nitro groups is 1. The molecule has 7 heteroatoms. The second-order valence-electron chi connectivity index (χ2n) is 4.29. The summed E-state index contributed by atoms with van der Waals surface area (Å²) in [6, 6.07) is 6.03. The minimum absolute atomic E-state index is 0.0407. The minimum atomic E-state index is -0.449. The lowest BCUT2D eigenvalue weighted by Gasteiger charge is -2.27. The molecule has 2 rings (SSSR count). The quantitative estimate of drug-likeness (QED) is 0.608. The van der Waals surface area contributed by atoms with E-state index in [4.69, 9.17) is 0 Å². The Kier molecular flexibility index (Phi) is 4.30. The van der Waals surface area contributed by atoms with Crippen molar-refractivity contribution in [3.8, 4) is 0 Å². The van der Waals surface area contributed by atoms with Gasteiger partial charge in [-0.25, -0.2) is 0 Å². The molecule has 1 aromatic rings. The molecule has 1 heterocycles. The summed E-state index contributed by atoms with van der Waals surface area (Å²) in [5, 5.41) is 16.7. The van der Waals surface area contributed by atoms with Crippen molar-refractivity contribution in [3.05, 3.63) is 34.4 Å². The number of rotatable bonds is 4. The fraction of sp³-hybridized carbons (Fsp3) is 0.417. The third kappa shape index (κ3) is 3.65. The summed E-state index contributed by atoms with van der Waals surface area (Å²) in [6.45, 7) is 3.30. The van der Waals surface area contributed by atoms with Crippen LogP contribution in [0.15, 0.2) is 24.3 Å². The van der Waals surface area contributed by atoms with Crippen molar-refractivity contribution >= 4 is 17.3 Å². The molecule has 0 unspecified atom stereocenters. The monoisotopic (exact) mass is 264 g/mol. The fourth-order valence-corrected chi connectivity index (χ4v) is 1.90. The SMILES string of the molecule is O=C(CNc1ccc([N+](=O)[O-])cc1)N1CCNCC1. The van der Waals surface area contributed by atoms with E-state index < -0.39 is 4.92 Å². The van der Waals surface area contributed by atoms with Crippen LogP contribution in [0.5, 0.6) is 0 Å². The number of nitrogens with one attached hydrogen (secondary N) is 2. The Balaban J connectivity index is 1.84. The third-order valence-electron chi connectivity index (χ3n) is 2.99. The molecular formula is C12H16N4O3. The summed E-state index contributed by atoms with van der Waals surface area (Å²) >= 11 is 0. The summed E-state index contributed by atoms with van der Waals surface area (Å²) in [5.74, 6) is 0.0415. The molecule has 1 aromatic carbocycles. The lowest BCUT2D eigenvalue weighted by molar-refractivity contribution is -0.384. The van der Waals surface area contributed by atoms with E-state index in [0.717, 1.165) is 26.2 Å². The van der Waals surface area contributed by atoms with Crippen LogP contribution in [0.1, 0.15) is 0 Å². The zero-order valence-electron chi connectivity index (χ0n) is 10.5. The van der Waals surface area contributed by atoms with Crippen LogP contribution >= 0.6 is 0 Å². The van der Waals surface area contributed by atoms with Gasteiger partial charge in [-0.2, -0.15) is 0 Å². The first-order chi connectivity index (χ1) is 9.16. The maximum atomic E-state index is 11.9. The number of amides is 1. The van der Waals surface area contributed by atoms with Crippen LogP contribution in [0.25, 0.3) is 0 Å². The van der Waals surface area contributed by atoms with Crippen molar-refractivity contribution in [1.29, 1.82) is 0 Å². The average Bonchev–Trinajstić information content (AvgIpc) is 2.46. The van der Waals surface area contributed by atoms with Crippen LogP contribution in [0, 0.1) is 10.1 Å². The Morgan fingerprint density at radius 2 is 1.95 bits per heavy atom. The molecule has 0 atom stereocenters. The molecule has 7 nitrogen and oxygen atoms in total. The second kappa shape index (κ2) is 6.14. The van der Waals surface area contributed by atoms with E-state index in [2.05, 4.69) is 10.6 Å². The van der Waals surface area contributed by atoms with E-state index in [9.17, 15) is 14.9 Å². The molecule has 1 saturated heterocycles. The Hall–Kier alpha value is -2.15. The summed E-state index contributed by atoms with van der Waals surface area (Å²) < 4.78 is 0. The van der Waals surface area contributed by atoms with Gasteiger partial charge in [0.05, 0.1) is 11.5 Å². The number of nitro benzene ring substituents is 1. The van der Waals surface area contributed by atoms with Crippen LogP contribution in [0.2, 0.25) is 0 Å². The first-order valence-corrected chi connectivity index (χ1v) is 6.13. The lowest BCUT2D eigenvalue weighted by Crippen LogP contribution is -2.48. The van der Waals surface area contributed by atoms with Crippen LogP contribution in [-0.2, 0) is 4.79 Å². The maximum Gasteiger partial charge on any atom is 0.269 e. The summed E-state index contributed by atoms with van der Waals surface area (Å²) in [6.07, 6.45) is 0. The number of anilines is 1. The van der Waals surface area contributed by atoms with Crippen LogP contribution in [0.4, 0.5) is 11.4 Å². The zero-order chi connectivity index (χ0) is 13.7. The van der Waals surface area contributed by atoms with Crippen molar-refractivity contribution in [1.82, 2.24) is 10.2 Å². The highest BCUT2D eigenvalue weighted by atomic mass is 16.6. The highest BCUT2D eigenvalue weighted by molar-refractivity contribution is 5.81. The smallest absolute Gasteiger partial charge is 0.269 e. The van der Waals surface area contributed by atoms with Crippen molar-refractivity contribution in [3.63, 3.8) is 0 Å². The Morgan fingerprint density at radius 3 is 2.53 bits per heavy atom. The molecule has 1 aliphatic rings. The Labute approximate surface area is 110 Å². The molecule has 102 valence electrons. The Bertz CT molecular complexity index is 455. The molecule has 0 radical (unpaired) electrons. The molecule has 0 aliphatic carbocycles. The normalized spacial score (nSPS) is 15.1. The lowest BCUT2D eigenvalue weighted by atomic mass is 10.3.